The van der Waals surface area contributed by atoms with E-state index in [1.54, 1.807) is 6.20 Å². The summed E-state index contributed by atoms with van der Waals surface area (Å²) in [6.45, 7) is 4.82. The van der Waals surface area contributed by atoms with Gasteiger partial charge in [0, 0.05) is 37.4 Å². The molecule has 0 N–H and O–H groups in total. The summed E-state index contributed by atoms with van der Waals surface area (Å²) in [5.41, 5.74) is 2.08. The summed E-state index contributed by atoms with van der Waals surface area (Å²) in [6, 6.07) is 3.99. The molecule has 4 nitrogen and oxygen atoms in total. The highest BCUT2D eigenvalue weighted by Gasteiger charge is 2.20. The van der Waals surface area contributed by atoms with E-state index in [-0.39, 0.29) is 5.91 Å². The van der Waals surface area contributed by atoms with Gasteiger partial charge in [0.05, 0.1) is 6.42 Å². The normalized spacial score (nSPS) is 15.3. The van der Waals surface area contributed by atoms with Crippen LogP contribution in [-0.2, 0) is 17.8 Å². The van der Waals surface area contributed by atoms with Gasteiger partial charge in [-0.1, -0.05) is 0 Å². The number of nitrogens with zero attached hydrogens (tertiary/aromatic N) is 3. The number of rotatable bonds is 3. The standard InChI is InChI=1S/C15H19N3O/c1-2-17-11-12(13-6-5-7-16-15(13)17)10-14(19)18-8-3-4-9-18/h5-7,11H,2-4,8-10H2,1H3. The van der Waals surface area contributed by atoms with Gasteiger partial charge in [0.2, 0.25) is 5.91 Å². The first kappa shape index (κ1) is 12.2. The number of hydrogen-bond donors (Lipinski definition) is 0. The van der Waals surface area contributed by atoms with Crippen LogP contribution >= 0.6 is 0 Å². The number of likely N-dealkylation sites (tertiary alicyclic amines) is 1. The minimum Gasteiger partial charge on any atom is -0.342 e. The SMILES string of the molecule is CCn1cc(CC(=O)N2CCCC2)c2cccnc21. The van der Waals surface area contributed by atoms with Gasteiger partial charge in [-0.15, -0.1) is 0 Å². The van der Waals surface area contributed by atoms with E-state index in [4.69, 9.17) is 0 Å². The molecular weight excluding hydrogens is 238 g/mol. The van der Waals surface area contributed by atoms with Crippen molar-refractivity contribution in [2.75, 3.05) is 13.1 Å². The van der Waals surface area contributed by atoms with E-state index in [9.17, 15) is 4.79 Å². The van der Waals surface area contributed by atoms with Crippen LogP contribution in [0.2, 0.25) is 0 Å². The molecule has 1 fully saturated rings. The molecule has 4 heteroatoms. The maximum absolute atomic E-state index is 12.3. The fourth-order valence-electron chi connectivity index (χ4n) is 2.82. The number of fused-ring (bicyclic) bond motifs is 1. The van der Waals surface area contributed by atoms with Gasteiger partial charge in [0.15, 0.2) is 0 Å². The lowest BCUT2D eigenvalue weighted by Crippen LogP contribution is -2.28. The molecule has 0 unspecified atom stereocenters. The van der Waals surface area contributed by atoms with Crippen molar-refractivity contribution in [1.29, 1.82) is 0 Å². The van der Waals surface area contributed by atoms with Crippen LogP contribution in [0.15, 0.2) is 24.5 Å². The van der Waals surface area contributed by atoms with Gasteiger partial charge in [0.1, 0.15) is 5.65 Å². The average molecular weight is 257 g/mol. The Morgan fingerprint density at radius 3 is 2.89 bits per heavy atom. The van der Waals surface area contributed by atoms with Gasteiger partial charge >= 0.3 is 0 Å². The number of carbonyl (C=O) groups is 1. The van der Waals surface area contributed by atoms with Crippen LogP contribution in [0, 0.1) is 0 Å². The topological polar surface area (TPSA) is 38.1 Å². The molecule has 0 saturated carbocycles. The van der Waals surface area contributed by atoms with Crippen LogP contribution in [0.3, 0.4) is 0 Å². The zero-order chi connectivity index (χ0) is 13.2. The van der Waals surface area contributed by atoms with Gasteiger partial charge in [-0.25, -0.2) is 4.98 Å². The molecule has 1 saturated heterocycles. The predicted octanol–water partition coefficient (Wildman–Crippen LogP) is 2.22. The molecule has 100 valence electrons. The lowest BCUT2D eigenvalue weighted by atomic mass is 10.1. The smallest absolute Gasteiger partial charge is 0.227 e. The van der Waals surface area contributed by atoms with Crippen molar-refractivity contribution in [3.05, 3.63) is 30.1 Å². The van der Waals surface area contributed by atoms with E-state index in [1.807, 2.05) is 11.0 Å². The number of amides is 1. The molecule has 0 aromatic carbocycles. The van der Waals surface area contributed by atoms with Crippen molar-refractivity contribution in [2.45, 2.75) is 32.7 Å². The first-order valence-electron chi connectivity index (χ1n) is 7.00. The lowest BCUT2D eigenvalue weighted by molar-refractivity contribution is -0.129. The van der Waals surface area contributed by atoms with Crippen molar-refractivity contribution in [3.63, 3.8) is 0 Å². The van der Waals surface area contributed by atoms with E-state index >= 15 is 0 Å². The lowest BCUT2D eigenvalue weighted by Gasteiger charge is -2.14. The number of aryl methyl sites for hydroxylation is 1. The maximum Gasteiger partial charge on any atom is 0.227 e. The molecule has 1 amide bonds. The summed E-state index contributed by atoms with van der Waals surface area (Å²) < 4.78 is 2.11. The zero-order valence-corrected chi connectivity index (χ0v) is 11.3. The van der Waals surface area contributed by atoms with Crippen LogP contribution in [0.5, 0.6) is 0 Å². The zero-order valence-electron chi connectivity index (χ0n) is 11.3. The molecule has 0 atom stereocenters. The Hall–Kier alpha value is -1.84. The highest BCUT2D eigenvalue weighted by Crippen LogP contribution is 2.21. The van der Waals surface area contributed by atoms with E-state index in [1.165, 1.54) is 0 Å². The summed E-state index contributed by atoms with van der Waals surface area (Å²) in [4.78, 5) is 18.6. The van der Waals surface area contributed by atoms with E-state index in [2.05, 4.69) is 28.7 Å². The van der Waals surface area contributed by atoms with Crippen LogP contribution < -0.4 is 0 Å². The molecule has 1 aliphatic heterocycles. The van der Waals surface area contributed by atoms with Crippen LogP contribution in [0.25, 0.3) is 11.0 Å². The first-order chi connectivity index (χ1) is 9.29. The molecule has 19 heavy (non-hydrogen) atoms. The Balaban J connectivity index is 1.90. The highest BCUT2D eigenvalue weighted by molar-refractivity contribution is 5.87. The number of carbonyl (C=O) groups excluding carboxylic acids is 1. The van der Waals surface area contributed by atoms with Crippen molar-refractivity contribution in [2.24, 2.45) is 0 Å². The van der Waals surface area contributed by atoms with E-state index in [0.717, 1.165) is 49.1 Å². The Morgan fingerprint density at radius 1 is 1.37 bits per heavy atom. The van der Waals surface area contributed by atoms with Crippen molar-refractivity contribution >= 4 is 16.9 Å². The Morgan fingerprint density at radius 2 is 2.16 bits per heavy atom. The van der Waals surface area contributed by atoms with Crippen molar-refractivity contribution in [1.82, 2.24) is 14.5 Å². The van der Waals surface area contributed by atoms with E-state index in [0.29, 0.717) is 6.42 Å². The van der Waals surface area contributed by atoms with E-state index < -0.39 is 0 Å². The third-order valence-electron chi connectivity index (χ3n) is 3.86. The monoisotopic (exact) mass is 257 g/mol. The van der Waals surface area contributed by atoms with Crippen molar-refractivity contribution < 1.29 is 4.79 Å². The third kappa shape index (κ3) is 2.23. The quantitative estimate of drug-likeness (QED) is 0.845. The minimum atomic E-state index is 0.247. The number of hydrogen-bond acceptors (Lipinski definition) is 2. The molecule has 0 spiro atoms. The van der Waals surface area contributed by atoms with Gasteiger partial charge in [-0.3, -0.25) is 4.79 Å². The third-order valence-corrected chi connectivity index (χ3v) is 3.86. The Labute approximate surface area is 113 Å². The second-order valence-electron chi connectivity index (χ2n) is 5.08. The van der Waals surface area contributed by atoms with Crippen LogP contribution in [0.1, 0.15) is 25.3 Å². The Kier molecular flexibility index (Phi) is 3.23. The largest absolute Gasteiger partial charge is 0.342 e. The molecule has 0 aliphatic carbocycles. The maximum atomic E-state index is 12.3. The summed E-state index contributed by atoms with van der Waals surface area (Å²) in [6.07, 6.45) is 6.66. The summed E-state index contributed by atoms with van der Waals surface area (Å²) >= 11 is 0. The summed E-state index contributed by atoms with van der Waals surface area (Å²) in [7, 11) is 0. The number of aromatic nitrogens is 2. The minimum absolute atomic E-state index is 0.247. The van der Waals surface area contributed by atoms with Gasteiger partial charge in [-0.05, 0) is 37.5 Å². The second-order valence-corrected chi connectivity index (χ2v) is 5.08. The average Bonchev–Trinajstić information content (AvgIpc) is 3.07. The fourth-order valence-corrected chi connectivity index (χ4v) is 2.82. The molecule has 1 aliphatic rings. The Bertz CT molecular complexity index is 596. The molecule has 0 bridgehead atoms. The van der Waals surface area contributed by atoms with Gasteiger partial charge in [-0.2, -0.15) is 0 Å². The van der Waals surface area contributed by atoms with Gasteiger partial charge < -0.3 is 9.47 Å². The highest BCUT2D eigenvalue weighted by atomic mass is 16.2. The summed E-state index contributed by atoms with van der Waals surface area (Å²) in [5.74, 6) is 0.247. The molecule has 2 aromatic rings. The second kappa shape index (κ2) is 5.03. The van der Waals surface area contributed by atoms with Crippen molar-refractivity contribution in [3.8, 4) is 0 Å². The molecule has 3 heterocycles. The van der Waals surface area contributed by atoms with Crippen LogP contribution in [0.4, 0.5) is 0 Å². The number of pyridine rings is 1. The fraction of sp³-hybridized carbons (Fsp3) is 0.467. The predicted molar refractivity (Wildman–Crippen MR) is 74.9 cm³/mol. The summed E-state index contributed by atoms with van der Waals surface area (Å²) in [5, 5.41) is 1.11. The van der Waals surface area contributed by atoms with Gasteiger partial charge in [0.25, 0.3) is 0 Å². The molecular formula is C15H19N3O. The molecule has 2 aromatic heterocycles. The first-order valence-corrected chi connectivity index (χ1v) is 7.00. The van der Waals surface area contributed by atoms with Crippen LogP contribution in [-0.4, -0.2) is 33.4 Å². The molecule has 3 rings (SSSR count). The molecule has 0 radical (unpaired) electrons.